The minimum atomic E-state index is 0.130. The van der Waals surface area contributed by atoms with Gasteiger partial charge in [-0.3, -0.25) is 9.78 Å². The Kier molecular flexibility index (Phi) is 3.51. The molecule has 1 aliphatic carbocycles. The van der Waals surface area contributed by atoms with Crippen molar-refractivity contribution in [3.63, 3.8) is 0 Å². The van der Waals surface area contributed by atoms with E-state index in [-0.39, 0.29) is 5.92 Å². The zero-order valence-corrected chi connectivity index (χ0v) is 11.4. The van der Waals surface area contributed by atoms with Crippen LogP contribution in [0, 0.1) is 11.8 Å². The third kappa shape index (κ3) is 2.78. The lowest BCUT2D eigenvalue weighted by molar-refractivity contribution is -0.138. The predicted molar refractivity (Wildman–Crippen MR) is 73.3 cm³/mol. The van der Waals surface area contributed by atoms with E-state index in [0.717, 1.165) is 31.6 Å². The van der Waals surface area contributed by atoms with Gasteiger partial charge in [0.2, 0.25) is 5.91 Å². The number of hydrogen-bond acceptors (Lipinski definition) is 3. The summed E-state index contributed by atoms with van der Waals surface area (Å²) in [6.07, 6.45) is 4.09. The van der Waals surface area contributed by atoms with Crippen LogP contribution in [0.5, 0.6) is 0 Å². The van der Waals surface area contributed by atoms with E-state index in [1.807, 2.05) is 23.1 Å². The molecule has 1 aromatic heterocycles. The first kappa shape index (κ1) is 12.6. The second-order valence-corrected chi connectivity index (χ2v) is 5.73. The highest BCUT2D eigenvalue weighted by atomic mass is 16.2. The van der Waals surface area contributed by atoms with Gasteiger partial charge in [-0.1, -0.05) is 13.0 Å². The molecule has 0 bridgehead atoms. The molecule has 4 heteroatoms. The van der Waals surface area contributed by atoms with Gasteiger partial charge in [0, 0.05) is 18.2 Å². The van der Waals surface area contributed by atoms with Crippen molar-refractivity contribution in [3.8, 4) is 0 Å². The molecule has 2 fully saturated rings. The Morgan fingerprint density at radius 3 is 2.79 bits per heavy atom. The largest absolute Gasteiger partial charge is 0.334 e. The summed E-state index contributed by atoms with van der Waals surface area (Å²) < 4.78 is 0. The molecule has 0 aromatic carbocycles. The third-order valence-electron chi connectivity index (χ3n) is 4.24. The number of nitrogens with one attached hydrogen (secondary N) is 1. The summed E-state index contributed by atoms with van der Waals surface area (Å²) in [6, 6.07) is 6.34. The van der Waals surface area contributed by atoms with E-state index in [4.69, 9.17) is 0 Å². The monoisotopic (exact) mass is 259 g/mol. The van der Waals surface area contributed by atoms with Gasteiger partial charge in [-0.2, -0.15) is 0 Å². The Bertz CT molecular complexity index is 440. The molecule has 0 spiro atoms. The Morgan fingerprint density at radius 1 is 1.47 bits per heavy atom. The molecule has 1 aliphatic heterocycles. The average Bonchev–Trinajstić information content (AvgIpc) is 3.18. The maximum atomic E-state index is 12.6. The van der Waals surface area contributed by atoms with Crippen LogP contribution in [0.15, 0.2) is 24.4 Å². The van der Waals surface area contributed by atoms with Crippen LogP contribution in [-0.2, 0) is 11.3 Å². The summed E-state index contributed by atoms with van der Waals surface area (Å²) in [5.41, 5.74) is 0.988. The fourth-order valence-corrected chi connectivity index (χ4v) is 2.57. The second-order valence-electron chi connectivity index (χ2n) is 5.73. The lowest BCUT2D eigenvalue weighted by atomic mass is 9.88. The van der Waals surface area contributed by atoms with Gasteiger partial charge in [0.25, 0.3) is 0 Å². The first-order valence-corrected chi connectivity index (χ1v) is 7.17. The Balaban J connectivity index is 1.68. The fourth-order valence-electron chi connectivity index (χ4n) is 2.57. The average molecular weight is 259 g/mol. The van der Waals surface area contributed by atoms with Crippen LogP contribution in [0.3, 0.4) is 0 Å². The summed E-state index contributed by atoms with van der Waals surface area (Å²) in [6.45, 7) is 4.69. The minimum absolute atomic E-state index is 0.130. The van der Waals surface area contributed by atoms with Crippen molar-refractivity contribution in [2.24, 2.45) is 11.8 Å². The van der Waals surface area contributed by atoms with Gasteiger partial charge in [0.05, 0.1) is 12.2 Å². The molecule has 1 saturated carbocycles. The number of carbonyl (C=O) groups excluding carboxylic acids is 1. The summed E-state index contributed by atoms with van der Waals surface area (Å²) in [5, 5.41) is 3.25. The Morgan fingerprint density at radius 2 is 2.26 bits per heavy atom. The van der Waals surface area contributed by atoms with E-state index in [0.29, 0.717) is 24.4 Å². The van der Waals surface area contributed by atoms with Crippen LogP contribution in [0.2, 0.25) is 0 Å². The minimum Gasteiger partial charge on any atom is -0.334 e. The van der Waals surface area contributed by atoms with E-state index in [9.17, 15) is 4.79 Å². The highest BCUT2D eigenvalue weighted by molar-refractivity contribution is 5.79. The molecule has 1 amide bonds. The maximum absolute atomic E-state index is 12.6. The first-order valence-electron chi connectivity index (χ1n) is 7.17. The molecule has 102 valence electrons. The molecule has 1 atom stereocenters. The van der Waals surface area contributed by atoms with Gasteiger partial charge in [0.1, 0.15) is 0 Å². The van der Waals surface area contributed by atoms with E-state index in [1.54, 1.807) is 6.20 Å². The lowest BCUT2D eigenvalue weighted by Crippen LogP contribution is -2.50. The Hall–Kier alpha value is -1.42. The van der Waals surface area contributed by atoms with Crippen LogP contribution < -0.4 is 5.32 Å². The van der Waals surface area contributed by atoms with Crippen LogP contribution in [0.25, 0.3) is 0 Å². The molecular formula is C15H21N3O. The topological polar surface area (TPSA) is 45.2 Å². The van der Waals surface area contributed by atoms with Gasteiger partial charge < -0.3 is 10.2 Å². The summed E-state index contributed by atoms with van der Waals surface area (Å²) in [5.74, 6) is 0.947. The molecule has 0 radical (unpaired) electrons. The van der Waals surface area contributed by atoms with Gasteiger partial charge in [-0.25, -0.2) is 0 Å². The molecule has 2 heterocycles. The summed E-state index contributed by atoms with van der Waals surface area (Å²) in [4.78, 5) is 19.0. The number of aromatic nitrogens is 1. The first-order chi connectivity index (χ1) is 9.25. The number of carbonyl (C=O) groups is 1. The van der Waals surface area contributed by atoms with Crippen LogP contribution in [0.4, 0.5) is 0 Å². The standard InChI is InChI=1S/C15H21N3O/c1-11(12-8-16-9-12)15(19)18(14-5-6-14)10-13-4-2-3-7-17-13/h2-4,7,11-12,14,16H,5-6,8-10H2,1H3. The van der Waals surface area contributed by atoms with Gasteiger partial charge >= 0.3 is 0 Å². The zero-order chi connectivity index (χ0) is 13.2. The number of nitrogens with zero attached hydrogens (tertiary/aromatic N) is 2. The molecule has 1 saturated heterocycles. The summed E-state index contributed by atoms with van der Waals surface area (Å²) in [7, 11) is 0. The number of pyridine rings is 1. The van der Waals surface area contributed by atoms with Gasteiger partial charge in [-0.05, 0) is 44.0 Å². The fraction of sp³-hybridized carbons (Fsp3) is 0.600. The van der Waals surface area contributed by atoms with Crippen molar-refractivity contribution >= 4 is 5.91 Å². The quantitative estimate of drug-likeness (QED) is 0.870. The molecule has 1 unspecified atom stereocenters. The lowest BCUT2D eigenvalue weighted by Gasteiger charge is -2.35. The smallest absolute Gasteiger partial charge is 0.226 e. The van der Waals surface area contributed by atoms with E-state index >= 15 is 0 Å². The second kappa shape index (κ2) is 5.29. The van der Waals surface area contributed by atoms with Crippen LogP contribution in [0.1, 0.15) is 25.5 Å². The zero-order valence-electron chi connectivity index (χ0n) is 11.4. The van der Waals surface area contributed by atoms with Crippen LogP contribution >= 0.6 is 0 Å². The van der Waals surface area contributed by atoms with Gasteiger partial charge in [0.15, 0.2) is 0 Å². The van der Waals surface area contributed by atoms with E-state index in [2.05, 4.69) is 17.2 Å². The molecule has 1 N–H and O–H groups in total. The Labute approximate surface area is 114 Å². The van der Waals surface area contributed by atoms with Crippen molar-refractivity contribution in [2.45, 2.75) is 32.4 Å². The molecular weight excluding hydrogens is 238 g/mol. The molecule has 4 nitrogen and oxygen atoms in total. The molecule has 2 aliphatic rings. The van der Waals surface area contributed by atoms with Crippen molar-refractivity contribution in [2.75, 3.05) is 13.1 Å². The highest BCUT2D eigenvalue weighted by Gasteiger charge is 2.38. The van der Waals surface area contributed by atoms with E-state index < -0.39 is 0 Å². The highest BCUT2D eigenvalue weighted by Crippen LogP contribution is 2.31. The number of hydrogen-bond donors (Lipinski definition) is 1. The number of amides is 1. The van der Waals surface area contributed by atoms with E-state index in [1.165, 1.54) is 0 Å². The predicted octanol–water partition coefficient (Wildman–Crippen LogP) is 1.43. The van der Waals surface area contributed by atoms with Gasteiger partial charge in [-0.15, -0.1) is 0 Å². The van der Waals surface area contributed by atoms with Crippen LogP contribution in [-0.4, -0.2) is 34.9 Å². The van der Waals surface area contributed by atoms with Crippen molar-refractivity contribution in [3.05, 3.63) is 30.1 Å². The SMILES string of the molecule is CC(C(=O)N(Cc1ccccn1)C1CC1)C1CNC1. The normalized spacial score (nSPS) is 20.7. The maximum Gasteiger partial charge on any atom is 0.226 e. The molecule has 19 heavy (non-hydrogen) atoms. The number of rotatable bonds is 5. The summed E-state index contributed by atoms with van der Waals surface area (Å²) >= 11 is 0. The molecule has 1 aromatic rings. The van der Waals surface area contributed by atoms with Crippen molar-refractivity contribution < 1.29 is 4.79 Å². The van der Waals surface area contributed by atoms with Crippen molar-refractivity contribution in [1.82, 2.24) is 15.2 Å². The van der Waals surface area contributed by atoms with Crippen molar-refractivity contribution in [1.29, 1.82) is 0 Å². The third-order valence-corrected chi connectivity index (χ3v) is 4.24. The molecule has 3 rings (SSSR count).